The van der Waals surface area contributed by atoms with Crippen LogP contribution in [-0.2, 0) is 9.59 Å². The van der Waals surface area contributed by atoms with E-state index < -0.39 is 5.97 Å². The van der Waals surface area contributed by atoms with Crippen LogP contribution >= 0.6 is 0 Å². The van der Waals surface area contributed by atoms with Crippen molar-refractivity contribution in [2.45, 2.75) is 26.3 Å². The summed E-state index contributed by atoms with van der Waals surface area (Å²) < 4.78 is 0. The quantitative estimate of drug-likeness (QED) is 0.607. The van der Waals surface area contributed by atoms with Gasteiger partial charge in [0, 0.05) is 18.5 Å². The fourth-order valence-corrected chi connectivity index (χ4v) is 0.855. The number of carboxylic acids is 1. The van der Waals surface area contributed by atoms with E-state index in [0.29, 0.717) is 0 Å². The van der Waals surface area contributed by atoms with Gasteiger partial charge in [0.05, 0.1) is 0 Å². The predicted molar refractivity (Wildman–Crippen MR) is 44.7 cm³/mol. The Labute approximate surface area is 71.3 Å². The maximum atomic E-state index is 10.5. The first-order valence-electron chi connectivity index (χ1n) is 3.61. The number of rotatable bonds is 4. The summed E-state index contributed by atoms with van der Waals surface area (Å²) >= 11 is 0. The Balaban J connectivity index is 3.84. The van der Waals surface area contributed by atoms with Crippen LogP contribution < -0.4 is 5.32 Å². The Kier molecular flexibility index (Phi) is 4.04. The van der Waals surface area contributed by atoms with E-state index in [2.05, 4.69) is 11.9 Å². The normalized spacial score (nSPS) is 11.8. The molecule has 0 saturated carbocycles. The van der Waals surface area contributed by atoms with E-state index in [1.165, 1.54) is 6.92 Å². The maximum Gasteiger partial charge on any atom is 0.331 e. The van der Waals surface area contributed by atoms with Crippen LogP contribution in [0.5, 0.6) is 0 Å². The van der Waals surface area contributed by atoms with E-state index >= 15 is 0 Å². The lowest BCUT2D eigenvalue weighted by Crippen LogP contribution is -2.31. The second-order valence-corrected chi connectivity index (χ2v) is 2.71. The van der Waals surface area contributed by atoms with Crippen molar-refractivity contribution < 1.29 is 14.7 Å². The van der Waals surface area contributed by atoms with Gasteiger partial charge in [0.1, 0.15) is 0 Å². The molecular formula is C8H13NO3. The molecule has 0 radical (unpaired) electrons. The van der Waals surface area contributed by atoms with Gasteiger partial charge in [-0.25, -0.2) is 4.79 Å². The van der Waals surface area contributed by atoms with Crippen molar-refractivity contribution >= 4 is 11.9 Å². The Morgan fingerprint density at radius 1 is 1.58 bits per heavy atom. The highest BCUT2D eigenvalue weighted by molar-refractivity contribution is 5.86. The molecule has 2 N–H and O–H groups in total. The molecule has 4 nitrogen and oxygen atoms in total. The van der Waals surface area contributed by atoms with Gasteiger partial charge in [-0.3, -0.25) is 4.79 Å². The van der Waals surface area contributed by atoms with Crippen LogP contribution in [0.1, 0.15) is 20.3 Å². The highest BCUT2D eigenvalue weighted by Gasteiger charge is 2.09. The monoisotopic (exact) mass is 171 g/mol. The lowest BCUT2D eigenvalue weighted by molar-refractivity contribution is -0.133. The lowest BCUT2D eigenvalue weighted by atomic mass is 10.1. The van der Waals surface area contributed by atoms with E-state index in [-0.39, 0.29) is 23.9 Å². The third-order valence-electron chi connectivity index (χ3n) is 1.30. The summed E-state index contributed by atoms with van der Waals surface area (Å²) in [6, 6.07) is -0.175. The fraction of sp³-hybridized carbons (Fsp3) is 0.500. The average molecular weight is 171 g/mol. The van der Waals surface area contributed by atoms with Gasteiger partial charge in [0.15, 0.2) is 0 Å². The Morgan fingerprint density at radius 2 is 2.08 bits per heavy atom. The second kappa shape index (κ2) is 4.54. The van der Waals surface area contributed by atoms with Crippen LogP contribution in [-0.4, -0.2) is 23.0 Å². The third kappa shape index (κ3) is 4.49. The smallest absolute Gasteiger partial charge is 0.331 e. The number of amides is 1. The lowest BCUT2D eigenvalue weighted by Gasteiger charge is -2.11. The molecule has 0 aliphatic rings. The first kappa shape index (κ1) is 10.7. The molecule has 1 amide bonds. The number of carbonyl (C=O) groups excluding carboxylic acids is 1. The molecular weight excluding hydrogens is 158 g/mol. The summed E-state index contributed by atoms with van der Waals surface area (Å²) in [5.41, 5.74) is 0.108. The van der Waals surface area contributed by atoms with E-state index in [0.717, 1.165) is 0 Å². The van der Waals surface area contributed by atoms with E-state index in [4.69, 9.17) is 5.11 Å². The van der Waals surface area contributed by atoms with Crippen LogP contribution in [0.3, 0.4) is 0 Å². The summed E-state index contributed by atoms with van der Waals surface area (Å²) in [6.45, 7) is 6.47. The molecule has 0 fully saturated rings. The van der Waals surface area contributed by atoms with Crippen molar-refractivity contribution in [2.24, 2.45) is 0 Å². The summed E-state index contributed by atoms with van der Waals surface area (Å²) in [6.07, 6.45) is 0.273. The molecule has 0 aromatic carbocycles. The van der Waals surface area contributed by atoms with Gasteiger partial charge in [-0.05, 0) is 13.3 Å². The molecule has 0 aliphatic heterocycles. The number of carboxylic acid groups (broad SMARTS) is 1. The van der Waals surface area contributed by atoms with Crippen LogP contribution in [0.25, 0.3) is 0 Å². The first-order valence-corrected chi connectivity index (χ1v) is 3.61. The molecule has 4 heteroatoms. The van der Waals surface area contributed by atoms with Crippen LogP contribution in [0.15, 0.2) is 12.2 Å². The average Bonchev–Trinajstić information content (AvgIpc) is 1.84. The van der Waals surface area contributed by atoms with Crippen molar-refractivity contribution in [3.8, 4) is 0 Å². The van der Waals surface area contributed by atoms with Crippen LogP contribution in [0.4, 0.5) is 0 Å². The summed E-state index contributed by atoms with van der Waals surface area (Å²) in [5, 5.41) is 11.0. The number of aliphatic carboxylic acids is 1. The fourth-order valence-electron chi connectivity index (χ4n) is 0.855. The Hall–Kier alpha value is -1.32. The van der Waals surface area contributed by atoms with Gasteiger partial charge in [0.25, 0.3) is 0 Å². The van der Waals surface area contributed by atoms with Gasteiger partial charge in [-0.1, -0.05) is 6.58 Å². The summed E-state index contributed by atoms with van der Waals surface area (Å²) in [7, 11) is 0. The Bertz CT molecular complexity index is 210. The summed E-state index contributed by atoms with van der Waals surface area (Å²) in [5.74, 6) is -1.19. The molecule has 0 rings (SSSR count). The van der Waals surface area contributed by atoms with Crippen molar-refractivity contribution in [1.29, 1.82) is 0 Å². The second-order valence-electron chi connectivity index (χ2n) is 2.71. The molecule has 0 aromatic heterocycles. The van der Waals surface area contributed by atoms with Gasteiger partial charge in [-0.15, -0.1) is 0 Å². The zero-order chi connectivity index (χ0) is 9.72. The number of carbonyl (C=O) groups is 2. The molecule has 12 heavy (non-hydrogen) atoms. The third-order valence-corrected chi connectivity index (χ3v) is 1.30. The Morgan fingerprint density at radius 3 is 2.42 bits per heavy atom. The molecule has 0 bridgehead atoms. The highest BCUT2D eigenvalue weighted by Crippen LogP contribution is 2.02. The summed E-state index contributed by atoms with van der Waals surface area (Å²) in [4.78, 5) is 20.8. The van der Waals surface area contributed by atoms with E-state index in [9.17, 15) is 9.59 Å². The topological polar surface area (TPSA) is 66.4 Å². The van der Waals surface area contributed by atoms with Crippen molar-refractivity contribution in [2.75, 3.05) is 0 Å². The predicted octanol–water partition coefficient (Wildman–Crippen LogP) is 0.542. The molecule has 0 unspecified atom stereocenters. The zero-order valence-corrected chi connectivity index (χ0v) is 7.26. The number of nitrogens with one attached hydrogen (secondary N) is 1. The van der Waals surface area contributed by atoms with Crippen molar-refractivity contribution in [1.82, 2.24) is 5.32 Å². The standard InChI is InChI=1S/C8H13NO3/c1-5(8(11)12)4-6(2)9-7(3)10/h6H,1,4H2,2-3H3,(H,9,10)(H,11,12)/t6-/m1/s1. The minimum Gasteiger partial charge on any atom is -0.478 e. The molecule has 0 saturated heterocycles. The van der Waals surface area contributed by atoms with Gasteiger partial charge in [-0.2, -0.15) is 0 Å². The van der Waals surface area contributed by atoms with E-state index in [1.807, 2.05) is 0 Å². The van der Waals surface area contributed by atoms with Crippen molar-refractivity contribution in [3.63, 3.8) is 0 Å². The van der Waals surface area contributed by atoms with Crippen LogP contribution in [0, 0.1) is 0 Å². The molecule has 0 aliphatic carbocycles. The van der Waals surface area contributed by atoms with Gasteiger partial charge < -0.3 is 10.4 Å². The highest BCUT2D eigenvalue weighted by atomic mass is 16.4. The van der Waals surface area contributed by atoms with Crippen LogP contribution in [0.2, 0.25) is 0 Å². The number of hydrogen-bond donors (Lipinski definition) is 2. The van der Waals surface area contributed by atoms with E-state index in [1.54, 1.807) is 6.92 Å². The minimum absolute atomic E-state index is 0.108. The maximum absolute atomic E-state index is 10.5. The molecule has 0 heterocycles. The molecule has 0 aromatic rings. The molecule has 68 valence electrons. The SMILES string of the molecule is C=C(C[C@@H](C)NC(C)=O)C(=O)O. The van der Waals surface area contributed by atoms with Gasteiger partial charge in [0.2, 0.25) is 5.91 Å². The zero-order valence-electron chi connectivity index (χ0n) is 7.26. The number of hydrogen-bond acceptors (Lipinski definition) is 2. The largest absolute Gasteiger partial charge is 0.478 e. The molecule has 0 spiro atoms. The van der Waals surface area contributed by atoms with Crippen molar-refractivity contribution in [3.05, 3.63) is 12.2 Å². The molecule has 1 atom stereocenters. The van der Waals surface area contributed by atoms with Gasteiger partial charge >= 0.3 is 5.97 Å². The minimum atomic E-state index is -1.02. The first-order chi connectivity index (χ1) is 5.43.